The van der Waals surface area contributed by atoms with Gasteiger partial charge in [-0.3, -0.25) is 19.2 Å². The summed E-state index contributed by atoms with van der Waals surface area (Å²) >= 11 is 4.33. The van der Waals surface area contributed by atoms with Gasteiger partial charge < -0.3 is 25.5 Å². The van der Waals surface area contributed by atoms with E-state index in [-0.39, 0.29) is 36.6 Å². The number of carboxylic acids is 2. The average molecular weight is 623 g/mol. The smallest absolute Gasteiger partial charge is 0.303 e. The summed E-state index contributed by atoms with van der Waals surface area (Å²) in [7, 11) is 0. The molecule has 0 aliphatic carbocycles. The zero-order valence-corrected chi connectivity index (χ0v) is 26.9. The number of aliphatic carboxylic acids is 2. The Morgan fingerprint density at radius 3 is 2.00 bits per heavy atom. The van der Waals surface area contributed by atoms with Crippen LogP contribution in [0, 0.1) is 19.8 Å². The molecule has 2 aromatic rings. The van der Waals surface area contributed by atoms with Crippen LogP contribution in [-0.2, 0) is 51.3 Å². The summed E-state index contributed by atoms with van der Waals surface area (Å²) in [5.74, 6) is -1.73. The van der Waals surface area contributed by atoms with Gasteiger partial charge in [0.15, 0.2) is 0 Å². The van der Waals surface area contributed by atoms with Crippen molar-refractivity contribution >= 4 is 42.1 Å². The molecule has 1 fully saturated rings. The van der Waals surface area contributed by atoms with Crippen molar-refractivity contribution in [2.75, 3.05) is 5.75 Å². The molecule has 0 bridgehead atoms. The van der Waals surface area contributed by atoms with Gasteiger partial charge in [0, 0.05) is 66.2 Å². The van der Waals surface area contributed by atoms with Gasteiger partial charge in [-0.2, -0.15) is 12.6 Å². The minimum absolute atomic E-state index is 0.0271. The van der Waals surface area contributed by atoms with E-state index in [1.807, 2.05) is 40.7 Å². The second-order valence-corrected chi connectivity index (χ2v) is 12.1. The SMILES string of the molecule is CCC1=C(C)C(Cc2[nH]c(Cc3[nH]c(CC4NC(=O)[C@@H](C)/C4=C\CS)c(C)c3CCC(=O)O)c(CCC(=O)O)c2C)=NC1=O. The number of hydrogen-bond acceptors (Lipinski definition) is 5. The zero-order chi connectivity index (χ0) is 32.3. The predicted octanol–water partition coefficient (Wildman–Crippen LogP) is 4.37. The molecule has 4 rings (SSSR count). The Labute approximate surface area is 262 Å². The number of nitrogens with zero attached hydrogens (tertiary/aromatic N) is 1. The topological polar surface area (TPSA) is 165 Å². The number of carbonyl (C=O) groups excluding carboxylic acids is 2. The monoisotopic (exact) mass is 622 g/mol. The number of nitrogens with one attached hydrogen (secondary N) is 3. The number of thiol groups is 1. The Hall–Kier alpha value is -3.86. The van der Waals surface area contributed by atoms with Gasteiger partial charge in [-0.05, 0) is 80.4 Å². The van der Waals surface area contributed by atoms with E-state index in [4.69, 9.17) is 0 Å². The van der Waals surface area contributed by atoms with Crippen LogP contribution in [-0.4, -0.2) is 61.4 Å². The highest BCUT2D eigenvalue weighted by atomic mass is 32.1. The van der Waals surface area contributed by atoms with Gasteiger partial charge >= 0.3 is 11.9 Å². The number of amides is 2. The summed E-state index contributed by atoms with van der Waals surface area (Å²) in [5.41, 5.74) is 10.5. The number of hydrogen-bond donors (Lipinski definition) is 6. The third kappa shape index (κ3) is 6.93. The fourth-order valence-electron chi connectivity index (χ4n) is 6.51. The van der Waals surface area contributed by atoms with Crippen molar-refractivity contribution in [1.29, 1.82) is 0 Å². The maximum atomic E-state index is 12.5. The lowest BCUT2D eigenvalue weighted by Gasteiger charge is -2.13. The molecule has 0 radical (unpaired) electrons. The van der Waals surface area contributed by atoms with Gasteiger partial charge in [-0.15, -0.1) is 0 Å². The first-order valence-corrected chi connectivity index (χ1v) is 15.7. The molecule has 1 saturated heterocycles. The fraction of sp³-hybridized carbons (Fsp3) is 0.485. The Bertz CT molecular complexity index is 1590. The van der Waals surface area contributed by atoms with Crippen LogP contribution >= 0.6 is 12.6 Å². The molecule has 2 atom stereocenters. The van der Waals surface area contributed by atoms with E-state index >= 15 is 0 Å². The minimum Gasteiger partial charge on any atom is -0.481 e. The number of carboxylic acid groups (broad SMARTS) is 2. The molecule has 1 unspecified atom stereocenters. The summed E-state index contributed by atoms with van der Waals surface area (Å²) in [6, 6.07) is -0.188. The van der Waals surface area contributed by atoms with Crippen LogP contribution in [0.3, 0.4) is 0 Å². The van der Waals surface area contributed by atoms with Crippen LogP contribution in [0.15, 0.2) is 27.8 Å². The lowest BCUT2D eigenvalue weighted by atomic mass is 9.94. The van der Waals surface area contributed by atoms with Gasteiger partial charge in [0.05, 0.1) is 17.7 Å². The molecule has 5 N–H and O–H groups in total. The summed E-state index contributed by atoms with van der Waals surface area (Å²) in [4.78, 5) is 59.4. The molecule has 236 valence electrons. The summed E-state index contributed by atoms with van der Waals surface area (Å²) in [6.07, 6.45) is 4.54. The average Bonchev–Trinajstić information content (AvgIpc) is 3.60. The molecule has 10 nitrogen and oxygen atoms in total. The van der Waals surface area contributed by atoms with Gasteiger partial charge in [-0.25, -0.2) is 4.99 Å². The lowest BCUT2D eigenvalue weighted by Crippen LogP contribution is -2.28. The number of aromatic amines is 2. The molecule has 44 heavy (non-hydrogen) atoms. The molecule has 0 aromatic carbocycles. The van der Waals surface area contributed by atoms with E-state index in [0.29, 0.717) is 55.6 Å². The normalized spacial score (nSPS) is 19.3. The molecule has 2 aromatic heterocycles. The van der Waals surface area contributed by atoms with Gasteiger partial charge in [0.1, 0.15) is 0 Å². The Morgan fingerprint density at radius 1 is 0.909 bits per heavy atom. The number of aromatic nitrogens is 2. The van der Waals surface area contributed by atoms with Crippen molar-refractivity contribution in [1.82, 2.24) is 15.3 Å². The maximum Gasteiger partial charge on any atom is 0.303 e. The third-order valence-corrected chi connectivity index (χ3v) is 9.28. The highest BCUT2D eigenvalue weighted by molar-refractivity contribution is 7.80. The lowest BCUT2D eigenvalue weighted by molar-refractivity contribution is -0.138. The quantitative estimate of drug-likeness (QED) is 0.135. The van der Waals surface area contributed by atoms with Crippen molar-refractivity contribution in [2.45, 2.75) is 92.0 Å². The third-order valence-electron chi connectivity index (χ3n) is 9.10. The van der Waals surface area contributed by atoms with Gasteiger partial charge in [0.2, 0.25) is 5.91 Å². The number of carbonyl (C=O) groups is 4. The second kappa shape index (κ2) is 13.8. The van der Waals surface area contributed by atoms with Crippen molar-refractivity contribution in [2.24, 2.45) is 10.9 Å². The van der Waals surface area contributed by atoms with Gasteiger partial charge in [0.25, 0.3) is 5.91 Å². The zero-order valence-electron chi connectivity index (χ0n) is 26.0. The Morgan fingerprint density at radius 2 is 1.48 bits per heavy atom. The van der Waals surface area contributed by atoms with Crippen LogP contribution in [0.25, 0.3) is 0 Å². The molecule has 2 aliphatic heterocycles. The van der Waals surface area contributed by atoms with Crippen molar-refractivity contribution in [3.05, 3.63) is 67.8 Å². The van der Waals surface area contributed by atoms with Crippen LogP contribution in [0.2, 0.25) is 0 Å². The van der Waals surface area contributed by atoms with E-state index in [2.05, 4.69) is 32.9 Å². The van der Waals surface area contributed by atoms with E-state index in [9.17, 15) is 29.4 Å². The Balaban J connectivity index is 1.72. The van der Waals surface area contributed by atoms with Crippen LogP contribution in [0.4, 0.5) is 0 Å². The number of rotatable bonds is 14. The first-order valence-electron chi connectivity index (χ1n) is 15.1. The van der Waals surface area contributed by atoms with E-state index in [0.717, 1.165) is 56.2 Å². The minimum atomic E-state index is -0.895. The molecular weight excluding hydrogens is 580 g/mol. The highest BCUT2D eigenvalue weighted by Crippen LogP contribution is 2.31. The van der Waals surface area contributed by atoms with Crippen LogP contribution in [0.5, 0.6) is 0 Å². The summed E-state index contributed by atoms with van der Waals surface area (Å²) in [5, 5.41) is 22.0. The number of allylic oxidation sites excluding steroid dienone is 1. The first kappa shape index (κ1) is 33.0. The molecular formula is C33H42N4O6S. The summed E-state index contributed by atoms with van der Waals surface area (Å²) < 4.78 is 0. The molecule has 11 heteroatoms. The first-order chi connectivity index (χ1) is 20.9. The summed E-state index contributed by atoms with van der Waals surface area (Å²) in [6.45, 7) is 9.66. The molecule has 0 saturated carbocycles. The van der Waals surface area contributed by atoms with Crippen molar-refractivity contribution in [3.63, 3.8) is 0 Å². The van der Waals surface area contributed by atoms with Gasteiger partial charge in [-0.1, -0.05) is 13.0 Å². The molecule has 2 amide bonds. The predicted molar refractivity (Wildman–Crippen MR) is 172 cm³/mol. The fourth-order valence-corrected chi connectivity index (χ4v) is 6.73. The van der Waals surface area contributed by atoms with E-state index < -0.39 is 11.9 Å². The van der Waals surface area contributed by atoms with Crippen molar-refractivity contribution in [3.8, 4) is 0 Å². The molecule has 0 spiro atoms. The second-order valence-electron chi connectivity index (χ2n) is 11.7. The maximum absolute atomic E-state index is 12.5. The molecule has 4 heterocycles. The standard InChI is InChI=1S/C33H42N4O6S/c1-6-20-16(2)26(36-33(20)43)13-24-17(3)21(7-9-30(38)39)27(34-24)15-28-22(8-10-31(40)41)18(4)25(35-28)14-29-23(11-12-44)19(5)32(42)37-29/h11,19,29,34-35,44H,6-10,12-15H2,1-5H3,(H,37,42)(H,38,39)(H,40,41)/b23-11+/t19-,29?/m0/s1. The largest absolute Gasteiger partial charge is 0.481 e. The number of H-pyrrole nitrogens is 2. The molecule has 2 aliphatic rings. The highest BCUT2D eigenvalue weighted by Gasteiger charge is 2.34. The van der Waals surface area contributed by atoms with Crippen molar-refractivity contribution < 1.29 is 29.4 Å². The Kier molecular flexibility index (Phi) is 10.4. The van der Waals surface area contributed by atoms with Crippen LogP contribution in [0.1, 0.15) is 85.1 Å². The number of aliphatic imine (C=N–C) groups is 1. The van der Waals surface area contributed by atoms with Crippen LogP contribution < -0.4 is 5.32 Å². The van der Waals surface area contributed by atoms with E-state index in [1.54, 1.807) is 0 Å². The van der Waals surface area contributed by atoms with E-state index in [1.165, 1.54) is 0 Å².